The van der Waals surface area contributed by atoms with Gasteiger partial charge >= 0.3 is 12.1 Å². The van der Waals surface area contributed by atoms with Crippen molar-refractivity contribution >= 4 is 23.9 Å². The van der Waals surface area contributed by atoms with Crippen LogP contribution in [0.3, 0.4) is 0 Å². The van der Waals surface area contributed by atoms with Crippen LogP contribution < -0.4 is 5.32 Å². The zero-order valence-corrected chi connectivity index (χ0v) is 17.1. The number of hydrogen-bond acceptors (Lipinski definition) is 5. The van der Waals surface area contributed by atoms with Crippen LogP contribution in [0.1, 0.15) is 53.4 Å². The molecule has 158 valence electrons. The Balaban J connectivity index is 1.89. The summed E-state index contributed by atoms with van der Waals surface area (Å²) in [6.07, 6.45) is 1.84. The molecule has 28 heavy (non-hydrogen) atoms. The molecule has 0 aromatic rings. The lowest BCUT2D eigenvalue weighted by Gasteiger charge is -2.35. The number of piperidine rings is 1. The summed E-state index contributed by atoms with van der Waals surface area (Å²) in [5.41, 5.74) is -0.619. The highest BCUT2D eigenvalue weighted by Gasteiger charge is 2.40. The molecule has 0 unspecified atom stereocenters. The highest BCUT2D eigenvalue weighted by Crippen LogP contribution is 2.25. The fourth-order valence-corrected chi connectivity index (χ4v) is 3.53. The van der Waals surface area contributed by atoms with E-state index in [1.807, 2.05) is 0 Å². The van der Waals surface area contributed by atoms with Gasteiger partial charge in [0.1, 0.15) is 17.7 Å². The maximum atomic E-state index is 12.9. The number of hydrogen-bond donors (Lipinski definition) is 2. The molecule has 2 N–H and O–H groups in total. The Morgan fingerprint density at radius 3 is 2.21 bits per heavy atom. The summed E-state index contributed by atoms with van der Waals surface area (Å²) < 4.78 is 5.41. The molecule has 0 aromatic heterocycles. The van der Waals surface area contributed by atoms with E-state index in [0.717, 1.165) is 6.42 Å². The van der Waals surface area contributed by atoms with Crippen LogP contribution in [-0.2, 0) is 19.1 Å². The zero-order valence-electron chi connectivity index (χ0n) is 17.1. The van der Waals surface area contributed by atoms with E-state index in [9.17, 15) is 19.2 Å². The van der Waals surface area contributed by atoms with Crippen molar-refractivity contribution in [2.75, 3.05) is 19.6 Å². The van der Waals surface area contributed by atoms with Crippen molar-refractivity contribution in [3.8, 4) is 0 Å². The Morgan fingerprint density at radius 2 is 1.68 bits per heavy atom. The first-order chi connectivity index (χ1) is 13.0. The van der Waals surface area contributed by atoms with Gasteiger partial charge in [-0.2, -0.15) is 0 Å². The third-order valence-electron chi connectivity index (χ3n) is 5.07. The van der Waals surface area contributed by atoms with Crippen molar-refractivity contribution in [2.24, 2.45) is 5.92 Å². The molecule has 2 aliphatic rings. The van der Waals surface area contributed by atoms with E-state index in [1.54, 1.807) is 25.7 Å². The molecular weight excluding hydrogens is 366 g/mol. The second-order valence-corrected chi connectivity index (χ2v) is 8.50. The number of carboxylic acid groups (broad SMARTS) is 1. The van der Waals surface area contributed by atoms with Crippen LogP contribution in [0, 0.1) is 5.92 Å². The molecule has 0 radical (unpaired) electrons. The molecule has 0 spiro atoms. The van der Waals surface area contributed by atoms with Crippen molar-refractivity contribution in [3.63, 3.8) is 0 Å². The van der Waals surface area contributed by atoms with Gasteiger partial charge in [-0.1, -0.05) is 0 Å². The van der Waals surface area contributed by atoms with Gasteiger partial charge < -0.3 is 20.1 Å². The van der Waals surface area contributed by atoms with Gasteiger partial charge in [0.05, 0.1) is 0 Å². The number of carbonyl (C=O) groups excluding carboxylic acids is 3. The molecule has 9 heteroatoms. The van der Waals surface area contributed by atoms with Gasteiger partial charge in [0.2, 0.25) is 11.8 Å². The summed E-state index contributed by atoms with van der Waals surface area (Å²) in [5.74, 6) is -1.79. The standard InChI is InChI=1S/C19H31N3O6/c1-12(17(25)26)20-15(23)13-7-10-21(11-8-13)16(24)14-6-5-9-22(14)18(27)28-19(2,3)4/h12-14H,5-11H2,1-4H3,(H,20,23)(H,25,26)/t12-,14-/m0/s1. The smallest absolute Gasteiger partial charge is 0.410 e. The Kier molecular flexibility index (Phi) is 6.90. The number of nitrogens with zero attached hydrogens (tertiary/aromatic N) is 2. The molecule has 9 nitrogen and oxygen atoms in total. The van der Waals surface area contributed by atoms with Crippen LogP contribution in [0.2, 0.25) is 0 Å². The summed E-state index contributed by atoms with van der Waals surface area (Å²) in [7, 11) is 0. The first-order valence-corrected chi connectivity index (χ1v) is 9.81. The minimum atomic E-state index is -1.08. The summed E-state index contributed by atoms with van der Waals surface area (Å²) in [4.78, 5) is 51.5. The van der Waals surface area contributed by atoms with Gasteiger partial charge in [-0.3, -0.25) is 19.3 Å². The zero-order chi connectivity index (χ0) is 21.1. The van der Waals surface area contributed by atoms with E-state index in [-0.39, 0.29) is 17.7 Å². The second kappa shape index (κ2) is 8.79. The third-order valence-corrected chi connectivity index (χ3v) is 5.07. The Labute approximate surface area is 165 Å². The van der Waals surface area contributed by atoms with Gasteiger partial charge in [0.25, 0.3) is 0 Å². The van der Waals surface area contributed by atoms with E-state index in [1.165, 1.54) is 11.8 Å². The number of aliphatic carboxylic acids is 1. The van der Waals surface area contributed by atoms with Crippen molar-refractivity contribution in [2.45, 2.75) is 71.1 Å². The topological polar surface area (TPSA) is 116 Å². The normalized spacial score (nSPS) is 21.9. The molecule has 2 aliphatic heterocycles. The summed E-state index contributed by atoms with van der Waals surface area (Å²) in [6, 6.07) is -1.46. The van der Waals surface area contributed by atoms with E-state index in [0.29, 0.717) is 38.9 Å². The van der Waals surface area contributed by atoms with Gasteiger partial charge in [-0.05, 0) is 53.4 Å². The van der Waals surface area contributed by atoms with Crippen molar-refractivity contribution in [3.05, 3.63) is 0 Å². The van der Waals surface area contributed by atoms with Crippen molar-refractivity contribution < 1.29 is 29.0 Å². The minimum absolute atomic E-state index is 0.110. The quantitative estimate of drug-likeness (QED) is 0.737. The fourth-order valence-electron chi connectivity index (χ4n) is 3.53. The van der Waals surface area contributed by atoms with Crippen LogP contribution in [0.15, 0.2) is 0 Å². The first kappa shape index (κ1) is 22.0. The average molecular weight is 397 g/mol. The summed E-state index contributed by atoms with van der Waals surface area (Å²) in [6.45, 7) is 8.12. The van der Waals surface area contributed by atoms with Crippen molar-refractivity contribution in [1.82, 2.24) is 15.1 Å². The van der Waals surface area contributed by atoms with Crippen LogP contribution in [0.4, 0.5) is 4.79 Å². The monoisotopic (exact) mass is 397 g/mol. The Bertz CT molecular complexity index is 622. The van der Waals surface area contributed by atoms with Gasteiger partial charge in [-0.25, -0.2) is 4.79 Å². The second-order valence-electron chi connectivity index (χ2n) is 8.50. The van der Waals surface area contributed by atoms with E-state index in [2.05, 4.69) is 5.32 Å². The van der Waals surface area contributed by atoms with Crippen molar-refractivity contribution in [1.29, 1.82) is 0 Å². The SMILES string of the molecule is C[C@H](NC(=O)C1CCN(C(=O)[C@@H]2CCCN2C(=O)OC(C)(C)C)CC1)C(=O)O. The van der Waals surface area contributed by atoms with Crippen LogP contribution >= 0.6 is 0 Å². The highest BCUT2D eigenvalue weighted by molar-refractivity contribution is 5.87. The third kappa shape index (κ3) is 5.59. The van der Waals surface area contributed by atoms with E-state index in [4.69, 9.17) is 9.84 Å². The summed E-state index contributed by atoms with van der Waals surface area (Å²) in [5, 5.41) is 11.4. The van der Waals surface area contributed by atoms with Gasteiger partial charge in [0.15, 0.2) is 0 Å². The number of amides is 3. The lowest BCUT2D eigenvalue weighted by molar-refractivity contribution is -0.143. The number of nitrogens with one attached hydrogen (secondary N) is 1. The molecule has 2 heterocycles. The molecule has 0 aromatic carbocycles. The minimum Gasteiger partial charge on any atom is -0.480 e. The average Bonchev–Trinajstić information content (AvgIpc) is 3.09. The van der Waals surface area contributed by atoms with Crippen LogP contribution in [-0.4, -0.2) is 76.1 Å². The number of carboxylic acids is 1. The fraction of sp³-hybridized carbons (Fsp3) is 0.789. The van der Waals surface area contributed by atoms with Crippen LogP contribution in [0.5, 0.6) is 0 Å². The molecular formula is C19H31N3O6. The Hall–Kier alpha value is -2.32. The maximum Gasteiger partial charge on any atom is 0.410 e. The lowest BCUT2D eigenvalue weighted by atomic mass is 9.95. The lowest BCUT2D eigenvalue weighted by Crippen LogP contribution is -2.52. The molecule has 2 rings (SSSR count). The molecule has 0 bridgehead atoms. The predicted molar refractivity (Wildman–Crippen MR) is 101 cm³/mol. The number of carbonyl (C=O) groups is 4. The summed E-state index contributed by atoms with van der Waals surface area (Å²) >= 11 is 0. The molecule has 3 amide bonds. The Morgan fingerprint density at radius 1 is 1.07 bits per heavy atom. The predicted octanol–water partition coefficient (Wildman–Crippen LogP) is 1.21. The van der Waals surface area contributed by atoms with E-state index >= 15 is 0 Å². The highest BCUT2D eigenvalue weighted by atomic mass is 16.6. The molecule has 0 aliphatic carbocycles. The number of rotatable bonds is 4. The number of likely N-dealkylation sites (tertiary alicyclic amines) is 2. The van der Waals surface area contributed by atoms with Crippen LogP contribution in [0.25, 0.3) is 0 Å². The van der Waals surface area contributed by atoms with Gasteiger partial charge in [0, 0.05) is 25.6 Å². The van der Waals surface area contributed by atoms with E-state index < -0.39 is 29.7 Å². The van der Waals surface area contributed by atoms with Gasteiger partial charge in [-0.15, -0.1) is 0 Å². The maximum absolute atomic E-state index is 12.9. The molecule has 2 saturated heterocycles. The number of ether oxygens (including phenoxy) is 1. The molecule has 2 atom stereocenters. The molecule has 2 fully saturated rings. The largest absolute Gasteiger partial charge is 0.480 e. The molecule has 0 saturated carbocycles. The first-order valence-electron chi connectivity index (χ1n) is 9.81.